The molecule has 1 saturated heterocycles. The average Bonchev–Trinajstić information content (AvgIpc) is 2.93. The van der Waals surface area contributed by atoms with Crippen LogP contribution in [0.1, 0.15) is 30.4 Å². The summed E-state index contributed by atoms with van der Waals surface area (Å²) in [5.41, 5.74) is 1.49. The van der Waals surface area contributed by atoms with Crippen molar-refractivity contribution in [3.05, 3.63) is 29.3 Å². The minimum absolute atomic E-state index is 0.0208. The molecule has 0 spiro atoms. The fourth-order valence-corrected chi connectivity index (χ4v) is 3.89. The van der Waals surface area contributed by atoms with E-state index < -0.39 is 10.0 Å². The number of aliphatic hydroxyl groups excluding tert-OH is 1. The van der Waals surface area contributed by atoms with Gasteiger partial charge in [0.25, 0.3) is 0 Å². The molecule has 1 aliphatic rings. The second-order valence-corrected chi connectivity index (χ2v) is 6.79. The molecule has 1 N–H and O–H groups in total. The zero-order valence-electron chi connectivity index (χ0n) is 11.6. The van der Waals surface area contributed by atoms with E-state index in [1.807, 2.05) is 6.92 Å². The lowest BCUT2D eigenvalue weighted by atomic mass is 10.1. The van der Waals surface area contributed by atoms with Gasteiger partial charge in [-0.15, -0.1) is 0 Å². The first-order chi connectivity index (χ1) is 9.55. The van der Waals surface area contributed by atoms with Gasteiger partial charge in [0.2, 0.25) is 10.0 Å². The van der Waals surface area contributed by atoms with Gasteiger partial charge in [0.1, 0.15) is 0 Å². The maximum Gasteiger partial charge on any atom is 0.244 e. The van der Waals surface area contributed by atoms with Gasteiger partial charge in [0, 0.05) is 25.1 Å². The molecule has 0 aromatic heterocycles. The minimum Gasteiger partial charge on any atom is -0.395 e. The van der Waals surface area contributed by atoms with Crippen LogP contribution in [0.5, 0.6) is 0 Å². The van der Waals surface area contributed by atoms with Gasteiger partial charge in [-0.05, 0) is 37.5 Å². The highest BCUT2D eigenvalue weighted by Gasteiger charge is 2.28. The molecule has 4 nitrogen and oxygen atoms in total. The third-order valence-electron chi connectivity index (χ3n) is 3.28. The van der Waals surface area contributed by atoms with Crippen LogP contribution in [-0.4, -0.2) is 37.5 Å². The molecule has 0 saturated carbocycles. The molecule has 108 valence electrons. The predicted octanol–water partition coefficient (Wildman–Crippen LogP) is 1.51. The van der Waals surface area contributed by atoms with Crippen LogP contribution < -0.4 is 0 Å². The van der Waals surface area contributed by atoms with E-state index in [-0.39, 0.29) is 11.5 Å². The third-order valence-corrected chi connectivity index (χ3v) is 5.23. The number of hydrogen-bond acceptors (Lipinski definition) is 3. The minimum atomic E-state index is -3.45. The van der Waals surface area contributed by atoms with Crippen molar-refractivity contribution in [3.63, 3.8) is 0 Å². The van der Waals surface area contributed by atoms with Gasteiger partial charge in [-0.25, -0.2) is 8.42 Å². The molecule has 5 heteroatoms. The Labute approximate surface area is 120 Å². The maximum atomic E-state index is 12.6. The number of sulfonamides is 1. The van der Waals surface area contributed by atoms with Gasteiger partial charge in [-0.3, -0.25) is 0 Å². The van der Waals surface area contributed by atoms with E-state index in [1.54, 1.807) is 18.2 Å². The van der Waals surface area contributed by atoms with Crippen molar-refractivity contribution < 1.29 is 13.5 Å². The normalized spacial score (nSPS) is 15.9. The van der Waals surface area contributed by atoms with Gasteiger partial charge in [-0.2, -0.15) is 4.31 Å². The van der Waals surface area contributed by atoms with Crippen molar-refractivity contribution in [1.82, 2.24) is 4.31 Å². The fourth-order valence-electron chi connectivity index (χ4n) is 2.25. The summed E-state index contributed by atoms with van der Waals surface area (Å²) in [5.74, 6) is 5.67. The second kappa shape index (κ2) is 6.40. The van der Waals surface area contributed by atoms with Crippen LogP contribution in [-0.2, 0) is 10.0 Å². The van der Waals surface area contributed by atoms with Crippen LogP contribution in [0.15, 0.2) is 23.1 Å². The van der Waals surface area contributed by atoms with Crippen LogP contribution in [0.25, 0.3) is 0 Å². The molecular formula is C15H19NO3S. The first-order valence-corrected chi connectivity index (χ1v) is 8.20. The second-order valence-electron chi connectivity index (χ2n) is 4.89. The highest BCUT2D eigenvalue weighted by molar-refractivity contribution is 7.89. The van der Waals surface area contributed by atoms with Crippen molar-refractivity contribution >= 4 is 10.0 Å². The third kappa shape index (κ3) is 3.21. The SMILES string of the molecule is Cc1ccc(S(=O)(=O)N2CCCC2)c(C#CCCO)c1. The van der Waals surface area contributed by atoms with Crippen molar-refractivity contribution in [3.8, 4) is 11.8 Å². The standard InChI is InChI=1S/C15H19NO3S/c1-13-7-8-15(14(12-13)6-2-5-11-17)20(18,19)16-9-3-4-10-16/h7-8,12,17H,3-5,9-11H2,1H3. The lowest BCUT2D eigenvalue weighted by molar-refractivity contribution is 0.305. The lowest BCUT2D eigenvalue weighted by Gasteiger charge is -2.16. The topological polar surface area (TPSA) is 57.6 Å². The molecule has 1 aromatic carbocycles. The number of hydrogen-bond donors (Lipinski definition) is 1. The molecule has 20 heavy (non-hydrogen) atoms. The molecule has 1 fully saturated rings. The number of benzene rings is 1. The Morgan fingerprint density at radius 2 is 2.00 bits per heavy atom. The summed E-state index contributed by atoms with van der Waals surface area (Å²) in [6, 6.07) is 5.21. The molecule has 1 aromatic rings. The number of nitrogens with zero attached hydrogens (tertiary/aromatic N) is 1. The van der Waals surface area contributed by atoms with E-state index in [0.29, 0.717) is 25.1 Å². The van der Waals surface area contributed by atoms with Crippen molar-refractivity contribution in [2.45, 2.75) is 31.1 Å². The Kier molecular flexibility index (Phi) is 4.81. The van der Waals surface area contributed by atoms with Gasteiger partial charge >= 0.3 is 0 Å². The molecule has 0 unspecified atom stereocenters. The zero-order valence-corrected chi connectivity index (χ0v) is 12.4. The molecule has 1 heterocycles. The Morgan fingerprint density at radius 1 is 1.30 bits per heavy atom. The molecule has 0 amide bonds. The van der Waals surface area contributed by atoms with E-state index >= 15 is 0 Å². The largest absolute Gasteiger partial charge is 0.395 e. The Hall–Kier alpha value is -1.35. The first kappa shape index (κ1) is 15.0. The van der Waals surface area contributed by atoms with Crippen LogP contribution in [0, 0.1) is 18.8 Å². The van der Waals surface area contributed by atoms with Crippen LogP contribution in [0.2, 0.25) is 0 Å². The molecular weight excluding hydrogens is 274 g/mol. The van der Waals surface area contributed by atoms with Crippen LogP contribution in [0.3, 0.4) is 0 Å². The summed E-state index contributed by atoms with van der Waals surface area (Å²) in [7, 11) is -3.45. The molecule has 1 aliphatic heterocycles. The summed E-state index contributed by atoms with van der Waals surface area (Å²) in [5, 5.41) is 8.77. The van der Waals surface area contributed by atoms with Crippen molar-refractivity contribution in [1.29, 1.82) is 0 Å². The van der Waals surface area contributed by atoms with Crippen molar-refractivity contribution in [2.24, 2.45) is 0 Å². The zero-order chi connectivity index (χ0) is 14.6. The number of rotatable bonds is 3. The summed E-state index contributed by atoms with van der Waals surface area (Å²) >= 11 is 0. The Balaban J connectivity index is 2.43. The number of aryl methyl sites for hydroxylation is 1. The lowest BCUT2D eigenvalue weighted by Crippen LogP contribution is -2.28. The summed E-state index contributed by atoms with van der Waals surface area (Å²) in [6.45, 7) is 3.05. The molecule has 0 aliphatic carbocycles. The fraction of sp³-hybridized carbons (Fsp3) is 0.467. The monoisotopic (exact) mass is 293 g/mol. The Morgan fingerprint density at radius 3 is 2.65 bits per heavy atom. The average molecular weight is 293 g/mol. The molecule has 0 radical (unpaired) electrons. The van der Waals surface area contributed by atoms with Gasteiger partial charge in [0.15, 0.2) is 0 Å². The molecule has 2 rings (SSSR count). The molecule has 0 atom stereocenters. The van der Waals surface area contributed by atoms with Crippen LogP contribution >= 0.6 is 0 Å². The van der Waals surface area contributed by atoms with Gasteiger partial charge in [-0.1, -0.05) is 17.9 Å². The van der Waals surface area contributed by atoms with E-state index in [2.05, 4.69) is 11.8 Å². The highest BCUT2D eigenvalue weighted by atomic mass is 32.2. The molecule has 0 bridgehead atoms. The van der Waals surface area contributed by atoms with Crippen molar-refractivity contribution in [2.75, 3.05) is 19.7 Å². The smallest absolute Gasteiger partial charge is 0.244 e. The predicted molar refractivity (Wildman–Crippen MR) is 77.8 cm³/mol. The van der Waals surface area contributed by atoms with Crippen LogP contribution in [0.4, 0.5) is 0 Å². The van der Waals surface area contributed by atoms with E-state index in [0.717, 1.165) is 18.4 Å². The summed E-state index contributed by atoms with van der Waals surface area (Å²) in [4.78, 5) is 0.274. The number of aliphatic hydroxyl groups is 1. The van der Waals surface area contributed by atoms with E-state index in [4.69, 9.17) is 5.11 Å². The Bertz CT molecular complexity index is 635. The van der Waals surface area contributed by atoms with E-state index in [1.165, 1.54) is 4.31 Å². The first-order valence-electron chi connectivity index (χ1n) is 6.76. The van der Waals surface area contributed by atoms with Gasteiger partial charge in [0.05, 0.1) is 11.5 Å². The summed E-state index contributed by atoms with van der Waals surface area (Å²) < 4.78 is 26.7. The quantitative estimate of drug-likeness (QED) is 0.860. The highest BCUT2D eigenvalue weighted by Crippen LogP contribution is 2.24. The summed E-state index contributed by atoms with van der Waals surface area (Å²) in [6.07, 6.45) is 2.17. The van der Waals surface area contributed by atoms with E-state index in [9.17, 15) is 8.42 Å². The van der Waals surface area contributed by atoms with Gasteiger partial charge < -0.3 is 5.11 Å². The maximum absolute atomic E-state index is 12.6.